The zero-order chi connectivity index (χ0) is 27.1. The second-order valence-electron chi connectivity index (χ2n) is 9.67. The van der Waals surface area contributed by atoms with Crippen LogP contribution in [0, 0.1) is 0 Å². The molecule has 3 heteroatoms. The van der Waals surface area contributed by atoms with Crippen LogP contribution in [0.2, 0.25) is 6.55 Å². The van der Waals surface area contributed by atoms with Crippen LogP contribution in [0.25, 0.3) is 0 Å². The van der Waals surface area contributed by atoms with Crippen molar-refractivity contribution in [1.82, 2.24) is 0 Å². The maximum atomic E-state index is 2.50. The van der Waals surface area contributed by atoms with Gasteiger partial charge in [-0.25, -0.2) is 0 Å². The SMILES string of the molecule is C[Si-](c1ccccc1P(c1ccccc1)c1ccccc1)c1ccccc1P(c1ccccc1)c1ccccc1. The van der Waals surface area contributed by atoms with Crippen molar-refractivity contribution in [2.24, 2.45) is 0 Å². The standard InChI is InChI=1S/C37H31P2Si/c1-40(36-28-16-14-26-34(36)38(30-18-6-2-7-19-30)31-20-8-3-9-21-31)37-29-17-15-27-35(37)39(32-22-10-4-11-23-32)33-24-12-5-13-25-33/h2-29H,1H3/q-1. The number of hydrogen-bond acceptors (Lipinski definition) is 0. The highest BCUT2D eigenvalue weighted by molar-refractivity contribution is 7.81. The molecule has 0 aliphatic carbocycles. The first kappa shape index (κ1) is 26.6. The van der Waals surface area contributed by atoms with Crippen LogP contribution in [0.5, 0.6) is 0 Å². The Hall–Kier alpha value is -3.60. The summed E-state index contributed by atoms with van der Waals surface area (Å²) in [5, 5.41) is 11.6. The lowest BCUT2D eigenvalue weighted by Gasteiger charge is -2.37. The highest BCUT2D eigenvalue weighted by Gasteiger charge is 2.21. The van der Waals surface area contributed by atoms with Crippen molar-refractivity contribution in [1.29, 1.82) is 0 Å². The van der Waals surface area contributed by atoms with E-state index in [0.29, 0.717) is 0 Å². The topological polar surface area (TPSA) is 0 Å². The van der Waals surface area contributed by atoms with E-state index in [4.69, 9.17) is 0 Å². The Balaban J connectivity index is 1.51. The van der Waals surface area contributed by atoms with Gasteiger partial charge in [0.25, 0.3) is 0 Å². The van der Waals surface area contributed by atoms with Crippen molar-refractivity contribution in [3.8, 4) is 0 Å². The van der Waals surface area contributed by atoms with E-state index in [2.05, 4.69) is 176 Å². The third-order valence-corrected chi connectivity index (χ3v) is 15.1. The Morgan fingerprint density at radius 3 is 0.875 bits per heavy atom. The summed E-state index contributed by atoms with van der Waals surface area (Å²) in [4.78, 5) is 0. The van der Waals surface area contributed by atoms with Crippen molar-refractivity contribution < 1.29 is 0 Å². The van der Waals surface area contributed by atoms with Gasteiger partial charge in [0, 0.05) is 0 Å². The molecule has 0 aliphatic heterocycles. The van der Waals surface area contributed by atoms with E-state index in [1.54, 1.807) is 0 Å². The molecule has 0 nitrogen and oxygen atoms in total. The largest absolute Gasteiger partial charge is 0.253 e. The summed E-state index contributed by atoms with van der Waals surface area (Å²) in [5.74, 6) is 0. The fourth-order valence-electron chi connectivity index (χ4n) is 5.28. The first-order valence-electron chi connectivity index (χ1n) is 13.6. The number of benzene rings is 6. The molecule has 0 atom stereocenters. The minimum atomic E-state index is -1.09. The zero-order valence-corrected chi connectivity index (χ0v) is 25.3. The molecular formula is C37H31P2Si-. The summed E-state index contributed by atoms with van der Waals surface area (Å²) in [6.07, 6.45) is 0. The highest BCUT2D eigenvalue weighted by atomic mass is 31.1. The maximum Gasteiger partial charge on any atom is -0.0152 e. The molecule has 0 aromatic heterocycles. The highest BCUT2D eigenvalue weighted by Crippen LogP contribution is 2.33. The van der Waals surface area contributed by atoms with E-state index in [0.717, 1.165) is 0 Å². The molecule has 0 saturated carbocycles. The van der Waals surface area contributed by atoms with Gasteiger partial charge in [-0.05, 0) is 47.7 Å². The molecule has 6 aromatic carbocycles. The molecule has 6 rings (SSSR count). The quantitative estimate of drug-likeness (QED) is 0.170. The van der Waals surface area contributed by atoms with Crippen LogP contribution < -0.4 is 42.2 Å². The number of rotatable bonds is 8. The first-order chi connectivity index (χ1) is 19.8. The van der Waals surface area contributed by atoms with E-state index in [1.807, 2.05) is 0 Å². The van der Waals surface area contributed by atoms with Crippen LogP contribution in [-0.4, -0.2) is 8.80 Å². The summed E-state index contributed by atoms with van der Waals surface area (Å²) < 4.78 is 0. The van der Waals surface area contributed by atoms with Gasteiger partial charge in [-0.15, -0.1) is 0 Å². The molecular weight excluding hydrogens is 534 g/mol. The van der Waals surface area contributed by atoms with E-state index in [1.165, 1.54) is 42.2 Å². The second-order valence-corrected chi connectivity index (χ2v) is 16.4. The van der Waals surface area contributed by atoms with Crippen molar-refractivity contribution in [3.05, 3.63) is 170 Å². The molecule has 0 amide bonds. The fourth-order valence-corrected chi connectivity index (χ4v) is 13.6. The van der Waals surface area contributed by atoms with Crippen LogP contribution in [0.15, 0.2) is 170 Å². The predicted molar refractivity (Wildman–Crippen MR) is 181 cm³/mol. The van der Waals surface area contributed by atoms with E-state index < -0.39 is 24.6 Å². The van der Waals surface area contributed by atoms with Gasteiger partial charge in [-0.2, -0.15) is 16.9 Å². The van der Waals surface area contributed by atoms with Crippen LogP contribution in [-0.2, 0) is 0 Å². The maximum absolute atomic E-state index is 2.50. The third-order valence-electron chi connectivity index (χ3n) is 7.16. The van der Waals surface area contributed by atoms with Crippen LogP contribution in [0.3, 0.4) is 0 Å². The van der Waals surface area contributed by atoms with Crippen LogP contribution in [0.1, 0.15) is 0 Å². The summed E-state index contributed by atoms with van der Waals surface area (Å²) in [6, 6.07) is 62.8. The molecule has 0 fully saturated rings. The van der Waals surface area contributed by atoms with Crippen molar-refractivity contribution in [2.75, 3.05) is 0 Å². The second kappa shape index (κ2) is 12.7. The van der Waals surface area contributed by atoms with Crippen molar-refractivity contribution >= 4 is 66.8 Å². The lowest BCUT2D eigenvalue weighted by Crippen LogP contribution is -2.52. The van der Waals surface area contributed by atoms with Crippen LogP contribution in [0.4, 0.5) is 0 Å². The molecule has 0 heterocycles. The molecule has 0 aliphatic rings. The Morgan fingerprint density at radius 2 is 0.575 bits per heavy atom. The van der Waals surface area contributed by atoms with Gasteiger partial charge in [0.15, 0.2) is 0 Å². The number of hydrogen-bond donors (Lipinski definition) is 0. The predicted octanol–water partition coefficient (Wildman–Crippen LogP) is 5.44. The van der Waals surface area contributed by atoms with Gasteiger partial charge in [0.05, 0.1) is 0 Å². The lowest BCUT2D eigenvalue weighted by molar-refractivity contribution is 1.74. The van der Waals surface area contributed by atoms with Gasteiger partial charge in [0.2, 0.25) is 0 Å². The summed E-state index contributed by atoms with van der Waals surface area (Å²) >= 11 is 0. The van der Waals surface area contributed by atoms with Gasteiger partial charge in [0.1, 0.15) is 0 Å². The molecule has 0 unspecified atom stereocenters. The Morgan fingerprint density at radius 1 is 0.325 bits per heavy atom. The Bertz CT molecular complexity index is 1450. The Labute approximate surface area is 242 Å². The minimum Gasteiger partial charge on any atom is -0.253 e. The summed E-state index contributed by atoms with van der Waals surface area (Å²) in [6.45, 7) is 2.50. The smallest absolute Gasteiger partial charge is 0.0152 e. The van der Waals surface area contributed by atoms with E-state index in [9.17, 15) is 0 Å². The van der Waals surface area contributed by atoms with Crippen molar-refractivity contribution in [3.63, 3.8) is 0 Å². The normalized spacial score (nSPS) is 11.1. The van der Waals surface area contributed by atoms with Gasteiger partial charge < -0.3 is 0 Å². The molecule has 6 aromatic rings. The lowest BCUT2D eigenvalue weighted by atomic mass is 10.3. The summed E-state index contributed by atoms with van der Waals surface area (Å²) in [5.41, 5.74) is 0. The Kier molecular flexibility index (Phi) is 8.46. The minimum absolute atomic E-state index is 0.671. The molecule has 0 bridgehead atoms. The van der Waals surface area contributed by atoms with Gasteiger partial charge in [-0.1, -0.05) is 170 Å². The molecule has 0 radical (unpaired) electrons. The molecule has 0 saturated heterocycles. The van der Waals surface area contributed by atoms with Crippen LogP contribution >= 0.6 is 15.8 Å². The van der Waals surface area contributed by atoms with E-state index >= 15 is 0 Å². The molecule has 40 heavy (non-hydrogen) atoms. The summed E-state index contributed by atoms with van der Waals surface area (Å²) in [7, 11) is -2.43. The molecule has 0 spiro atoms. The molecule has 0 N–H and O–H groups in total. The average Bonchev–Trinajstić information content (AvgIpc) is 3.04. The monoisotopic (exact) mass is 565 g/mol. The average molecular weight is 566 g/mol. The van der Waals surface area contributed by atoms with Gasteiger partial charge >= 0.3 is 0 Å². The fraction of sp³-hybridized carbons (Fsp3) is 0.0270. The van der Waals surface area contributed by atoms with Crippen molar-refractivity contribution in [2.45, 2.75) is 6.55 Å². The van der Waals surface area contributed by atoms with Gasteiger partial charge in [-0.3, -0.25) is 8.80 Å². The zero-order valence-electron chi connectivity index (χ0n) is 22.6. The molecule has 194 valence electrons. The van der Waals surface area contributed by atoms with E-state index in [-0.39, 0.29) is 0 Å². The first-order valence-corrected chi connectivity index (χ1v) is 18.3. The third kappa shape index (κ3) is 5.65.